The highest BCUT2D eigenvalue weighted by Crippen LogP contribution is 2.28. The predicted octanol–water partition coefficient (Wildman–Crippen LogP) is 5.28. The van der Waals surface area contributed by atoms with Gasteiger partial charge in [0.05, 0.1) is 0 Å². The van der Waals surface area contributed by atoms with Crippen LogP contribution in [0.2, 0.25) is 18.1 Å². The molecular formula is C14H21IOSi. The zero-order chi connectivity index (χ0) is 12.9. The number of hydrogen-bond donors (Lipinski definition) is 0. The van der Waals surface area contributed by atoms with E-state index in [1.54, 1.807) is 0 Å². The Balaban J connectivity index is 2.81. The van der Waals surface area contributed by atoms with Crippen molar-refractivity contribution in [2.75, 3.05) is 0 Å². The first kappa shape index (κ1) is 14.8. The quantitative estimate of drug-likeness (QED) is 0.381. The summed E-state index contributed by atoms with van der Waals surface area (Å²) in [6.07, 6.45) is 0. The van der Waals surface area contributed by atoms with Crippen LogP contribution in [-0.2, 0) is 4.43 Å². The maximum Gasteiger partial charge on any atom is 0.250 e. The van der Waals surface area contributed by atoms with Gasteiger partial charge in [-0.1, -0.05) is 39.5 Å². The summed E-state index contributed by atoms with van der Waals surface area (Å²) in [5, 5.41) is 0. The van der Waals surface area contributed by atoms with Gasteiger partial charge in [-0.2, -0.15) is 0 Å². The van der Waals surface area contributed by atoms with Crippen molar-refractivity contribution >= 4 is 36.7 Å². The lowest BCUT2D eigenvalue weighted by Gasteiger charge is -2.30. The maximum atomic E-state index is 6.25. The number of hydrogen-bond acceptors (Lipinski definition) is 1. The highest BCUT2D eigenvalue weighted by atomic mass is 127. The second-order valence-corrected chi connectivity index (χ2v) is 10.2. The summed E-state index contributed by atoms with van der Waals surface area (Å²) >= 11 is 2.31. The molecule has 0 radical (unpaired) electrons. The van der Waals surface area contributed by atoms with Gasteiger partial charge >= 0.3 is 0 Å². The first-order valence-electron chi connectivity index (χ1n) is 6.20. The van der Waals surface area contributed by atoms with Crippen molar-refractivity contribution < 1.29 is 4.43 Å². The van der Waals surface area contributed by atoms with E-state index in [9.17, 15) is 0 Å². The smallest absolute Gasteiger partial charge is 0.250 e. The van der Waals surface area contributed by atoms with Crippen LogP contribution in [-0.4, -0.2) is 8.32 Å². The predicted molar refractivity (Wildman–Crippen MR) is 86.5 cm³/mol. The van der Waals surface area contributed by atoms with Gasteiger partial charge in [0.25, 0.3) is 0 Å². The van der Waals surface area contributed by atoms with Gasteiger partial charge in [-0.15, -0.1) is 0 Å². The first-order valence-corrected chi connectivity index (χ1v) is 9.81. The van der Waals surface area contributed by atoms with Crippen molar-refractivity contribution in [3.8, 4) is 0 Å². The topological polar surface area (TPSA) is 9.23 Å². The molecule has 17 heavy (non-hydrogen) atoms. The van der Waals surface area contributed by atoms with Gasteiger partial charge in [0.2, 0.25) is 8.32 Å². The molecule has 0 atom stereocenters. The molecule has 0 spiro atoms. The van der Waals surface area contributed by atoms with Crippen LogP contribution in [0.5, 0.6) is 0 Å². The van der Waals surface area contributed by atoms with Crippen LogP contribution in [0.15, 0.2) is 30.8 Å². The molecule has 94 valence electrons. The Kier molecular flexibility index (Phi) is 5.72. The van der Waals surface area contributed by atoms with Crippen molar-refractivity contribution in [2.24, 2.45) is 0 Å². The highest BCUT2D eigenvalue weighted by molar-refractivity contribution is 14.1. The molecule has 1 aromatic rings. The van der Waals surface area contributed by atoms with Gasteiger partial charge < -0.3 is 4.43 Å². The second kappa shape index (κ2) is 6.59. The van der Waals surface area contributed by atoms with Crippen LogP contribution in [0.4, 0.5) is 0 Å². The zero-order valence-corrected chi connectivity index (χ0v) is 14.1. The maximum absolute atomic E-state index is 6.25. The fraction of sp³-hybridized carbons (Fsp3) is 0.429. The van der Waals surface area contributed by atoms with Crippen molar-refractivity contribution in [2.45, 2.75) is 38.9 Å². The van der Waals surface area contributed by atoms with Gasteiger partial charge in [0.15, 0.2) is 0 Å². The summed E-state index contributed by atoms with van der Waals surface area (Å²) in [5.74, 6) is 0.846. The summed E-state index contributed by atoms with van der Waals surface area (Å²) in [6, 6.07) is 11.8. The van der Waals surface area contributed by atoms with E-state index in [0.29, 0.717) is 0 Å². The molecular weight excluding hydrogens is 339 g/mol. The van der Waals surface area contributed by atoms with Crippen LogP contribution in [0.25, 0.3) is 5.76 Å². The minimum absolute atomic E-state index is 0.846. The van der Waals surface area contributed by atoms with Gasteiger partial charge in [0, 0.05) is 9.13 Å². The zero-order valence-electron chi connectivity index (χ0n) is 10.9. The van der Waals surface area contributed by atoms with E-state index in [4.69, 9.17) is 4.43 Å². The minimum atomic E-state index is -1.58. The molecule has 0 saturated heterocycles. The van der Waals surface area contributed by atoms with E-state index in [1.165, 1.54) is 3.57 Å². The standard InChI is InChI=1S/C14H21IOSi/c1-5-17(6-2,7-3)16-12(4)13-8-10-14(15)11-9-13/h8-11H,4-7H2,1-3H3. The molecule has 0 aliphatic rings. The summed E-state index contributed by atoms with van der Waals surface area (Å²) < 4.78 is 7.49. The Hall–Kier alpha value is -0.293. The van der Waals surface area contributed by atoms with Crippen molar-refractivity contribution in [1.29, 1.82) is 0 Å². The Morgan fingerprint density at radius 1 is 1.12 bits per heavy atom. The largest absolute Gasteiger partial charge is 0.544 e. The summed E-state index contributed by atoms with van der Waals surface area (Å²) in [5.41, 5.74) is 1.11. The van der Waals surface area contributed by atoms with Gasteiger partial charge in [0.1, 0.15) is 5.76 Å². The molecule has 0 aliphatic carbocycles. The monoisotopic (exact) mass is 360 g/mol. The van der Waals surface area contributed by atoms with E-state index in [1.807, 2.05) is 0 Å². The summed E-state index contributed by atoms with van der Waals surface area (Å²) in [6.45, 7) is 10.8. The van der Waals surface area contributed by atoms with Crippen LogP contribution >= 0.6 is 22.6 Å². The molecule has 0 fully saturated rings. The molecule has 0 amide bonds. The third-order valence-electron chi connectivity index (χ3n) is 3.44. The summed E-state index contributed by atoms with van der Waals surface area (Å²) in [7, 11) is -1.58. The van der Waals surface area contributed by atoms with Crippen LogP contribution in [0, 0.1) is 3.57 Å². The fourth-order valence-electron chi connectivity index (χ4n) is 1.92. The van der Waals surface area contributed by atoms with Crippen molar-refractivity contribution in [1.82, 2.24) is 0 Å². The molecule has 0 aliphatic heterocycles. The highest BCUT2D eigenvalue weighted by Gasteiger charge is 2.31. The van der Waals surface area contributed by atoms with Crippen molar-refractivity contribution in [3.05, 3.63) is 40.0 Å². The van der Waals surface area contributed by atoms with Crippen molar-refractivity contribution in [3.63, 3.8) is 0 Å². The number of benzene rings is 1. The molecule has 1 rings (SSSR count). The van der Waals surface area contributed by atoms with Crippen LogP contribution in [0.3, 0.4) is 0 Å². The van der Waals surface area contributed by atoms with Gasteiger partial charge in [-0.25, -0.2) is 0 Å². The van der Waals surface area contributed by atoms with E-state index in [-0.39, 0.29) is 0 Å². The molecule has 0 N–H and O–H groups in total. The Morgan fingerprint density at radius 3 is 2.00 bits per heavy atom. The lowest BCUT2D eigenvalue weighted by molar-refractivity contribution is 0.492. The first-order chi connectivity index (χ1) is 8.06. The average molecular weight is 360 g/mol. The van der Waals surface area contributed by atoms with Crippen LogP contribution in [0.1, 0.15) is 26.3 Å². The molecule has 3 heteroatoms. The number of halogens is 1. The van der Waals surface area contributed by atoms with E-state index in [0.717, 1.165) is 29.5 Å². The SMILES string of the molecule is C=C(O[Si](CC)(CC)CC)c1ccc(I)cc1. The molecule has 1 aromatic carbocycles. The van der Waals surface area contributed by atoms with E-state index >= 15 is 0 Å². The van der Waals surface area contributed by atoms with E-state index in [2.05, 4.69) is 74.2 Å². The molecule has 0 heterocycles. The Morgan fingerprint density at radius 2 is 1.59 bits per heavy atom. The van der Waals surface area contributed by atoms with Gasteiger partial charge in [-0.05, 0) is 52.9 Å². The Bertz CT molecular complexity index is 360. The second-order valence-electron chi connectivity index (χ2n) is 4.28. The fourth-order valence-corrected chi connectivity index (χ4v) is 4.86. The van der Waals surface area contributed by atoms with Crippen LogP contribution < -0.4 is 0 Å². The molecule has 0 bridgehead atoms. The lowest BCUT2D eigenvalue weighted by atomic mass is 10.2. The summed E-state index contributed by atoms with van der Waals surface area (Å²) in [4.78, 5) is 0. The average Bonchev–Trinajstić information content (AvgIpc) is 2.37. The lowest BCUT2D eigenvalue weighted by Crippen LogP contribution is -2.34. The van der Waals surface area contributed by atoms with E-state index < -0.39 is 8.32 Å². The minimum Gasteiger partial charge on any atom is -0.544 e. The normalized spacial score (nSPS) is 11.3. The third-order valence-corrected chi connectivity index (χ3v) is 8.70. The van der Waals surface area contributed by atoms with Gasteiger partial charge in [-0.3, -0.25) is 0 Å². The molecule has 0 aromatic heterocycles. The third kappa shape index (κ3) is 3.84. The molecule has 0 saturated carbocycles. The number of rotatable bonds is 6. The molecule has 0 unspecified atom stereocenters. The Labute approximate surface area is 120 Å². The molecule has 1 nitrogen and oxygen atoms in total.